The molecule has 0 radical (unpaired) electrons. The largest absolute Gasteiger partial charge is 0.472 e. The second-order valence-electron chi connectivity index (χ2n) is 6.25. The van der Waals surface area contributed by atoms with Crippen LogP contribution in [0.25, 0.3) is 0 Å². The lowest BCUT2D eigenvalue weighted by atomic mass is 10.0. The van der Waals surface area contributed by atoms with Gasteiger partial charge in [0.1, 0.15) is 6.26 Å². The molecular weight excluding hydrogens is 304 g/mol. The predicted molar refractivity (Wildman–Crippen MR) is 90.7 cm³/mol. The number of carbonyl (C=O) groups excluding carboxylic acids is 2. The first-order valence-electron chi connectivity index (χ1n) is 8.29. The van der Waals surface area contributed by atoms with Crippen molar-refractivity contribution in [3.63, 3.8) is 0 Å². The van der Waals surface area contributed by atoms with Crippen molar-refractivity contribution in [2.45, 2.75) is 32.2 Å². The summed E-state index contributed by atoms with van der Waals surface area (Å²) >= 11 is 0. The standard InChI is InChI=1S/C19H22N2O3/c1-14-4-2-3-5-15(14)12-18(22)20-17-6-9-21(10-7-17)19(23)16-8-11-24-13-16/h2-5,8,11,13,17H,6-7,9-10,12H2,1H3,(H,20,22). The van der Waals surface area contributed by atoms with Crippen molar-refractivity contribution in [1.29, 1.82) is 0 Å². The van der Waals surface area contributed by atoms with Gasteiger partial charge >= 0.3 is 0 Å². The maximum absolute atomic E-state index is 12.2. The molecule has 0 saturated carbocycles. The predicted octanol–water partition coefficient (Wildman–Crippen LogP) is 2.55. The molecule has 1 fully saturated rings. The first kappa shape index (κ1) is 16.3. The van der Waals surface area contributed by atoms with Gasteiger partial charge in [-0.3, -0.25) is 9.59 Å². The number of rotatable bonds is 4. The zero-order valence-corrected chi connectivity index (χ0v) is 13.8. The number of nitrogens with one attached hydrogen (secondary N) is 1. The van der Waals surface area contributed by atoms with Crippen molar-refractivity contribution in [3.05, 3.63) is 59.5 Å². The Hall–Kier alpha value is -2.56. The van der Waals surface area contributed by atoms with E-state index in [1.165, 1.54) is 12.5 Å². The number of aryl methyl sites for hydroxylation is 1. The van der Waals surface area contributed by atoms with E-state index in [4.69, 9.17) is 4.42 Å². The number of amides is 2. The molecule has 1 N–H and O–H groups in total. The molecule has 0 unspecified atom stereocenters. The Morgan fingerprint density at radius 2 is 1.96 bits per heavy atom. The zero-order chi connectivity index (χ0) is 16.9. The minimum absolute atomic E-state index is 0.00608. The van der Waals surface area contributed by atoms with Crippen molar-refractivity contribution in [2.24, 2.45) is 0 Å². The van der Waals surface area contributed by atoms with Crippen molar-refractivity contribution in [1.82, 2.24) is 10.2 Å². The molecule has 2 aromatic rings. The Morgan fingerprint density at radius 1 is 1.21 bits per heavy atom. The molecule has 1 aromatic heterocycles. The van der Waals surface area contributed by atoms with Gasteiger partial charge in [-0.05, 0) is 37.0 Å². The fourth-order valence-corrected chi connectivity index (χ4v) is 3.06. The van der Waals surface area contributed by atoms with Gasteiger partial charge in [0.25, 0.3) is 5.91 Å². The van der Waals surface area contributed by atoms with E-state index in [2.05, 4.69) is 5.32 Å². The van der Waals surface area contributed by atoms with Crippen LogP contribution in [0.1, 0.15) is 34.3 Å². The van der Waals surface area contributed by atoms with Crippen LogP contribution in [0.4, 0.5) is 0 Å². The summed E-state index contributed by atoms with van der Waals surface area (Å²) in [6.07, 6.45) is 4.94. The monoisotopic (exact) mass is 326 g/mol. The van der Waals surface area contributed by atoms with E-state index >= 15 is 0 Å². The summed E-state index contributed by atoms with van der Waals surface area (Å²) in [6.45, 7) is 3.32. The molecule has 24 heavy (non-hydrogen) atoms. The number of carbonyl (C=O) groups is 2. The fourth-order valence-electron chi connectivity index (χ4n) is 3.06. The average Bonchev–Trinajstić information content (AvgIpc) is 3.11. The van der Waals surface area contributed by atoms with E-state index in [1.54, 1.807) is 6.07 Å². The van der Waals surface area contributed by atoms with E-state index in [0.717, 1.165) is 24.0 Å². The van der Waals surface area contributed by atoms with Crippen LogP contribution in [0.2, 0.25) is 0 Å². The van der Waals surface area contributed by atoms with E-state index in [9.17, 15) is 9.59 Å². The average molecular weight is 326 g/mol. The highest BCUT2D eigenvalue weighted by Gasteiger charge is 2.25. The number of hydrogen-bond acceptors (Lipinski definition) is 3. The molecule has 0 bridgehead atoms. The summed E-state index contributed by atoms with van der Waals surface area (Å²) in [6, 6.07) is 9.75. The van der Waals surface area contributed by atoms with Crippen molar-refractivity contribution in [3.8, 4) is 0 Å². The molecule has 2 amide bonds. The van der Waals surface area contributed by atoms with Gasteiger partial charge in [0.2, 0.25) is 5.91 Å². The molecule has 5 heteroatoms. The molecule has 2 heterocycles. The van der Waals surface area contributed by atoms with Gasteiger partial charge in [0, 0.05) is 19.1 Å². The smallest absolute Gasteiger partial charge is 0.257 e. The summed E-state index contributed by atoms with van der Waals surface area (Å²) in [5.41, 5.74) is 2.77. The number of nitrogens with zero attached hydrogens (tertiary/aromatic N) is 1. The molecule has 5 nitrogen and oxygen atoms in total. The molecule has 0 spiro atoms. The van der Waals surface area contributed by atoms with Gasteiger partial charge in [-0.15, -0.1) is 0 Å². The third-order valence-electron chi connectivity index (χ3n) is 4.53. The summed E-state index contributed by atoms with van der Waals surface area (Å²) < 4.78 is 4.96. The minimum atomic E-state index is -0.00608. The van der Waals surface area contributed by atoms with E-state index in [1.807, 2.05) is 36.1 Å². The Bertz CT molecular complexity index is 701. The highest BCUT2D eigenvalue weighted by molar-refractivity contribution is 5.93. The van der Waals surface area contributed by atoms with Crippen LogP contribution in [-0.2, 0) is 11.2 Å². The quantitative estimate of drug-likeness (QED) is 0.939. The van der Waals surface area contributed by atoms with Gasteiger partial charge < -0.3 is 14.6 Å². The van der Waals surface area contributed by atoms with E-state index < -0.39 is 0 Å². The SMILES string of the molecule is Cc1ccccc1CC(=O)NC1CCN(C(=O)c2ccoc2)CC1. The summed E-state index contributed by atoms with van der Waals surface area (Å²) in [7, 11) is 0. The number of hydrogen-bond donors (Lipinski definition) is 1. The first-order chi connectivity index (χ1) is 11.6. The third-order valence-corrected chi connectivity index (χ3v) is 4.53. The Balaban J connectivity index is 1.48. The topological polar surface area (TPSA) is 62.6 Å². The van der Waals surface area contributed by atoms with Gasteiger partial charge in [-0.2, -0.15) is 0 Å². The second kappa shape index (κ2) is 7.34. The lowest BCUT2D eigenvalue weighted by Gasteiger charge is -2.32. The Kier molecular flexibility index (Phi) is 4.99. The number of furan rings is 1. The lowest BCUT2D eigenvalue weighted by molar-refractivity contribution is -0.121. The summed E-state index contributed by atoms with van der Waals surface area (Å²) in [4.78, 5) is 26.3. The van der Waals surface area contributed by atoms with Gasteiger partial charge in [-0.1, -0.05) is 24.3 Å². The molecule has 1 aliphatic rings. The van der Waals surface area contributed by atoms with Gasteiger partial charge in [-0.25, -0.2) is 0 Å². The van der Waals surface area contributed by atoms with Crippen molar-refractivity contribution < 1.29 is 14.0 Å². The second-order valence-corrected chi connectivity index (χ2v) is 6.25. The number of likely N-dealkylation sites (tertiary alicyclic amines) is 1. The van der Waals surface area contributed by atoms with Crippen LogP contribution in [0.5, 0.6) is 0 Å². The van der Waals surface area contributed by atoms with Crippen LogP contribution in [0, 0.1) is 6.92 Å². The normalized spacial score (nSPS) is 15.3. The van der Waals surface area contributed by atoms with E-state index in [-0.39, 0.29) is 17.9 Å². The molecule has 0 atom stereocenters. The van der Waals surface area contributed by atoms with Crippen LogP contribution < -0.4 is 5.32 Å². The van der Waals surface area contributed by atoms with E-state index in [0.29, 0.717) is 25.1 Å². The van der Waals surface area contributed by atoms with Crippen LogP contribution in [0.3, 0.4) is 0 Å². The molecule has 3 rings (SSSR count). The first-order valence-corrected chi connectivity index (χ1v) is 8.29. The molecule has 126 valence electrons. The molecule has 1 aromatic carbocycles. The van der Waals surface area contributed by atoms with Crippen molar-refractivity contribution in [2.75, 3.05) is 13.1 Å². The lowest BCUT2D eigenvalue weighted by Crippen LogP contribution is -2.46. The maximum Gasteiger partial charge on any atom is 0.257 e. The fraction of sp³-hybridized carbons (Fsp3) is 0.368. The van der Waals surface area contributed by atoms with Gasteiger partial charge in [0.05, 0.1) is 18.2 Å². The van der Waals surface area contributed by atoms with Crippen LogP contribution in [0.15, 0.2) is 47.3 Å². The highest BCUT2D eigenvalue weighted by Crippen LogP contribution is 2.15. The summed E-state index contributed by atoms with van der Waals surface area (Å²) in [5.74, 6) is 0.0392. The van der Waals surface area contributed by atoms with Crippen LogP contribution in [-0.4, -0.2) is 35.8 Å². The zero-order valence-electron chi connectivity index (χ0n) is 13.8. The number of piperidine rings is 1. The minimum Gasteiger partial charge on any atom is -0.472 e. The highest BCUT2D eigenvalue weighted by atomic mass is 16.3. The molecule has 1 aliphatic heterocycles. The Labute approximate surface area is 141 Å². The van der Waals surface area contributed by atoms with Gasteiger partial charge in [0.15, 0.2) is 0 Å². The summed E-state index contributed by atoms with van der Waals surface area (Å²) in [5, 5.41) is 3.09. The molecular formula is C19H22N2O3. The molecule has 1 saturated heterocycles. The van der Waals surface area contributed by atoms with Crippen molar-refractivity contribution >= 4 is 11.8 Å². The Morgan fingerprint density at radius 3 is 2.62 bits per heavy atom. The molecule has 0 aliphatic carbocycles. The maximum atomic E-state index is 12.2. The third kappa shape index (κ3) is 3.85. The number of benzene rings is 1. The van der Waals surface area contributed by atoms with Crippen LogP contribution >= 0.6 is 0 Å².